The Labute approximate surface area is 99.0 Å². The molecule has 82 valence electrons. The van der Waals surface area contributed by atoms with Crippen molar-refractivity contribution in [2.24, 2.45) is 0 Å². The van der Waals surface area contributed by atoms with Gasteiger partial charge in [0.15, 0.2) is 0 Å². The van der Waals surface area contributed by atoms with Crippen LogP contribution in [0.3, 0.4) is 0 Å². The average molecular weight is 270 g/mol. The molecule has 4 heteroatoms. The maximum Gasteiger partial charge on any atom is 0.106 e. The van der Waals surface area contributed by atoms with Crippen LogP contribution in [0.25, 0.3) is 0 Å². The van der Waals surface area contributed by atoms with Crippen molar-refractivity contribution in [2.45, 2.75) is 19.0 Å². The zero-order valence-electron chi connectivity index (χ0n) is 8.91. The van der Waals surface area contributed by atoms with Gasteiger partial charge in [0.2, 0.25) is 0 Å². The Morgan fingerprint density at radius 1 is 1.67 bits per heavy atom. The third kappa shape index (κ3) is 3.00. The molecule has 0 radical (unpaired) electrons. The number of hydrogen-bond donors (Lipinski definition) is 1. The van der Waals surface area contributed by atoms with E-state index < -0.39 is 0 Å². The molecule has 2 rings (SSSR count). The van der Waals surface area contributed by atoms with E-state index in [0.717, 1.165) is 24.2 Å². The number of pyridine rings is 1. The molecule has 15 heavy (non-hydrogen) atoms. The maximum atomic E-state index is 4.13. The van der Waals surface area contributed by atoms with E-state index in [2.05, 4.69) is 50.3 Å². The molecule has 1 aromatic rings. The van der Waals surface area contributed by atoms with Gasteiger partial charge in [0, 0.05) is 25.3 Å². The number of likely N-dealkylation sites (N-methyl/N-ethyl adjacent to an activating group) is 1. The summed E-state index contributed by atoms with van der Waals surface area (Å²) in [4.78, 5) is 6.53. The first kappa shape index (κ1) is 11.0. The molecule has 1 aromatic heterocycles. The lowest BCUT2D eigenvalue weighted by molar-refractivity contribution is 0.249. The van der Waals surface area contributed by atoms with Crippen LogP contribution in [-0.4, -0.2) is 36.1 Å². The largest absolute Gasteiger partial charge is 0.315 e. The van der Waals surface area contributed by atoms with Gasteiger partial charge in [-0.25, -0.2) is 4.98 Å². The topological polar surface area (TPSA) is 28.2 Å². The summed E-state index contributed by atoms with van der Waals surface area (Å²) < 4.78 is 0.915. The van der Waals surface area contributed by atoms with Crippen LogP contribution >= 0.6 is 15.9 Å². The molecule has 1 N–H and O–H groups in total. The highest BCUT2D eigenvalue weighted by Crippen LogP contribution is 2.13. The van der Waals surface area contributed by atoms with E-state index in [-0.39, 0.29) is 0 Å². The Balaban J connectivity index is 1.95. The van der Waals surface area contributed by atoms with Crippen molar-refractivity contribution >= 4 is 15.9 Å². The minimum absolute atomic E-state index is 0.678. The van der Waals surface area contributed by atoms with Gasteiger partial charge in [0.05, 0.1) is 0 Å². The lowest BCUT2D eigenvalue weighted by Gasteiger charge is -2.23. The fourth-order valence-corrected chi connectivity index (χ4v) is 2.39. The first-order valence-corrected chi connectivity index (χ1v) is 6.06. The molecule has 1 saturated heterocycles. The van der Waals surface area contributed by atoms with Crippen molar-refractivity contribution < 1.29 is 0 Å². The van der Waals surface area contributed by atoms with Crippen molar-refractivity contribution in [3.05, 3.63) is 28.5 Å². The van der Waals surface area contributed by atoms with Crippen LogP contribution in [0.4, 0.5) is 0 Å². The van der Waals surface area contributed by atoms with Gasteiger partial charge in [-0.05, 0) is 53.6 Å². The van der Waals surface area contributed by atoms with Crippen LogP contribution in [-0.2, 0) is 6.54 Å². The zero-order chi connectivity index (χ0) is 10.7. The Bertz CT molecular complexity index is 323. The predicted octanol–water partition coefficient (Wildman–Crippen LogP) is 1.64. The fourth-order valence-electron chi connectivity index (χ4n) is 1.97. The fraction of sp³-hybridized carbons (Fsp3) is 0.545. The first-order chi connectivity index (χ1) is 7.25. The van der Waals surface area contributed by atoms with Crippen molar-refractivity contribution in [1.29, 1.82) is 0 Å². The quantitative estimate of drug-likeness (QED) is 0.846. The molecule has 2 heterocycles. The molecule has 1 atom stereocenters. The first-order valence-electron chi connectivity index (χ1n) is 5.27. The Kier molecular flexibility index (Phi) is 3.72. The van der Waals surface area contributed by atoms with Crippen molar-refractivity contribution in [1.82, 2.24) is 15.2 Å². The second-order valence-corrected chi connectivity index (χ2v) is 4.86. The summed E-state index contributed by atoms with van der Waals surface area (Å²) in [5.41, 5.74) is 1.31. The van der Waals surface area contributed by atoms with E-state index in [1.807, 2.05) is 6.20 Å². The second kappa shape index (κ2) is 5.05. The molecule has 1 fully saturated rings. The molecule has 1 aliphatic heterocycles. The van der Waals surface area contributed by atoms with Crippen LogP contribution in [0.2, 0.25) is 0 Å². The summed E-state index contributed by atoms with van der Waals surface area (Å²) in [7, 11) is 2.19. The summed E-state index contributed by atoms with van der Waals surface area (Å²) in [6.45, 7) is 3.26. The van der Waals surface area contributed by atoms with E-state index in [9.17, 15) is 0 Å². The summed E-state index contributed by atoms with van der Waals surface area (Å²) in [6.07, 6.45) is 3.10. The second-order valence-electron chi connectivity index (χ2n) is 4.05. The number of aromatic nitrogens is 1. The maximum absolute atomic E-state index is 4.13. The third-order valence-electron chi connectivity index (χ3n) is 2.88. The predicted molar refractivity (Wildman–Crippen MR) is 64.7 cm³/mol. The van der Waals surface area contributed by atoms with Crippen molar-refractivity contribution in [3.63, 3.8) is 0 Å². The molecule has 0 aliphatic carbocycles. The average Bonchev–Trinajstić information content (AvgIpc) is 2.70. The van der Waals surface area contributed by atoms with Gasteiger partial charge in [-0.2, -0.15) is 0 Å². The molecule has 0 unspecified atom stereocenters. The van der Waals surface area contributed by atoms with Crippen LogP contribution in [0.5, 0.6) is 0 Å². The van der Waals surface area contributed by atoms with Crippen LogP contribution in [0.1, 0.15) is 12.0 Å². The van der Waals surface area contributed by atoms with Gasteiger partial charge in [-0.15, -0.1) is 0 Å². The van der Waals surface area contributed by atoms with E-state index >= 15 is 0 Å². The summed E-state index contributed by atoms with van der Waals surface area (Å²) in [5.74, 6) is 0. The van der Waals surface area contributed by atoms with E-state index in [1.165, 1.54) is 12.0 Å². The zero-order valence-corrected chi connectivity index (χ0v) is 10.5. The number of nitrogens with zero attached hydrogens (tertiary/aromatic N) is 2. The molecule has 0 amide bonds. The minimum Gasteiger partial charge on any atom is -0.315 e. The monoisotopic (exact) mass is 269 g/mol. The van der Waals surface area contributed by atoms with Crippen LogP contribution in [0.15, 0.2) is 22.9 Å². The molecular formula is C11H16BrN3. The molecule has 3 nitrogen and oxygen atoms in total. The highest BCUT2D eigenvalue weighted by Gasteiger charge is 2.18. The SMILES string of the molecule is CN(Cc1ccnc(Br)c1)[C@H]1CCNC1. The summed E-state index contributed by atoms with van der Waals surface area (Å²) in [5, 5.41) is 3.39. The van der Waals surface area contributed by atoms with Gasteiger partial charge in [-0.1, -0.05) is 0 Å². The van der Waals surface area contributed by atoms with E-state index in [4.69, 9.17) is 0 Å². The lowest BCUT2D eigenvalue weighted by Crippen LogP contribution is -2.32. The van der Waals surface area contributed by atoms with Crippen LogP contribution < -0.4 is 5.32 Å². The highest BCUT2D eigenvalue weighted by molar-refractivity contribution is 9.10. The number of halogens is 1. The standard InChI is InChI=1S/C11H16BrN3/c1-15(10-3-4-13-7-10)8-9-2-5-14-11(12)6-9/h2,5-6,10,13H,3-4,7-8H2,1H3/t10-/m0/s1. The molecule has 0 aromatic carbocycles. The molecule has 1 aliphatic rings. The Morgan fingerprint density at radius 3 is 3.20 bits per heavy atom. The molecule has 0 saturated carbocycles. The highest BCUT2D eigenvalue weighted by atomic mass is 79.9. The molecular weight excluding hydrogens is 254 g/mol. The molecule has 0 spiro atoms. The number of hydrogen-bond acceptors (Lipinski definition) is 3. The Hall–Kier alpha value is -0.450. The van der Waals surface area contributed by atoms with Gasteiger partial charge in [0.25, 0.3) is 0 Å². The van der Waals surface area contributed by atoms with Gasteiger partial charge in [-0.3, -0.25) is 4.90 Å². The summed E-state index contributed by atoms with van der Waals surface area (Å²) >= 11 is 3.39. The lowest BCUT2D eigenvalue weighted by atomic mass is 10.2. The van der Waals surface area contributed by atoms with Gasteiger partial charge >= 0.3 is 0 Å². The molecule has 0 bridgehead atoms. The number of nitrogens with one attached hydrogen (secondary N) is 1. The van der Waals surface area contributed by atoms with Gasteiger partial charge in [0.1, 0.15) is 4.60 Å². The third-order valence-corrected chi connectivity index (χ3v) is 3.31. The minimum atomic E-state index is 0.678. The van der Waals surface area contributed by atoms with Gasteiger partial charge < -0.3 is 5.32 Å². The van der Waals surface area contributed by atoms with E-state index in [0.29, 0.717) is 6.04 Å². The number of rotatable bonds is 3. The summed E-state index contributed by atoms with van der Waals surface area (Å²) in [6, 6.07) is 4.83. The van der Waals surface area contributed by atoms with Crippen molar-refractivity contribution in [3.8, 4) is 0 Å². The van der Waals surface area contributed by atoms with Crippen LogP contribution in [0, 0.1) is 0 Å². The Morgan fingerprint density at radius 2 is 2.53 bits per heavy atom. The normalized spacial score (nSPS) is 21.1. The van der Waals surface area contributed by atoms with Crippen molar-refractivity contribution in [2.75, 3.05) is 20.1 Å². The smallest absolute Gasteiger partial charge is 0.106 e. The van der Waals surface area contributed by atoms with E-state index in [1.54, 1.807) is 0 Å².